The van der Waals surface area contributed by atoms with Crippen molar-refractivity contribution in [1.82, 2.24) is 4.31 Å². The summed E-state index contributed by atoms with van der Waals surface area (Å²) in [6, 6.07) is 7.90. The minimum absolute atomic E-state index is 0.0616. The van der Waals surface area contributed by atoms with E-state index in [1.165, 1.54) is 4.31 Å². The summed E-state index contributed by atoms with van der Waals surface area (Å²) in [7, 11) is -3.79. The molecule has 0 amide bonds. The van der Waals surface area contributed by atoms with Crippen LogP contribution in [0.4, 0.5) is 13.2 Å². The number of hydrogen-bond acceptors (Lipinski definition) is 5. The van der Waals surface area contributed by atoms with Gasteiger partial charge in [-0.25, -0.2) is 8.42 Å². The van der Waals surface area contributed by atoms with Crippen molar-refractivity contribution in [3.63, 3.8) is 0 Å². The average Bonchev–Trinajstić information content (AvgIpc) is 2.98. The molecule has 1 aromatic heterocycles. The van der Waals surface area contributed by atoms with E-state index in [1.54, 1.807) is 24.1 Å². The van der Waals surface area contributed by atoms with Crippen LogP contribution in [0.2, 0.25) is 0 Å². The molecule has 1 atom stereocenters. The third-order valence-corrected chi connectivity index (χ3v) is 7.06. The molecule has 3 rings (SSSR count). The topological polar surface area (TPSA) is 59.8 Å². The van der Waals surface area contributed by atoms with E-state index in [0.717, 1.165) is 30.0 Å². The Kier molecular flexibility index (Phi) is 5.54. The highest BCUT2D eigenvalue weighted by Gasteiger charge is 2.32. The van der Waals surface area contributed by atoms with Crippen LogP contribution in [-0.2, 0) is 10.0 Å². The highest BCUT2D eigenvalue weighted by molar-refractivity contribution is 7.99. The van der Waals surface area contributed by atoms with Gasteiger partial charge in [0.05, 0.1) is 16.4 Å². The highest BCUT2D eigenvalue weighted by atomic mass is 32.2. The number of benzene rings is 1. The number of sulfonamides is 1. The first-order valence-corrected chi connectivity index (χ1v) is 10.3. The minimum Gasteiger partial charge on any atom is -0.468 e. The fourth-order valence-corrected chi connectivity index (χ4v) is 5.41. The molecule has 0 spiro atoms. The van der Waals surface area contributed by atoms with Crippen LogP contribution < -0.4 is 4.74 Å². The van der Waals surface area contributed by atoms with Gasteiger partial charge in [-0.3, -0.25) is 0 Å². The van der Waals surface area contributed by atoms with Gasteiger partial charge in [-0.2, -0.15) is 4.31 Å². The quantitative estimate of drug-likeness (QED) is 0.765. The first-order valence-electron chi connectivity index (χ1n) is 7.77. The fraction of sp³-hybridized carbons (Fsp3) is 0.375. The zero-order valence-corrected chi connectivity index (χ0v) is 15.1. The zero-order valence-electron chi connectivity index (χ0n) is 13.5. The van der Waals surface area contributed by atoms with Gasteiger partial charge in [0, 0.05) is 18.8 Å². The zero-order chi connectivity index (χ0) is 18.8. The van der Waals surface area contributed by atoms with Gasteiger partial charge in [0.2, 0.25) is 10.0 Å². The van der Waals surface area contributed by atoms with Crippen LogP contribution in [0, 0.1) is 0 Å². The molecule has 0 radical (unpaired) electrons. The number of nitrogens with zero attached hydrogens (tertiary/aromatic N) is 1. The number of halogens is 3. The average molecular weight is 407 g/mol. The lowest BCUT2D eigenvalue weighted by Gasteiger charge is -2.20. The number of furan rings is 1. The van der Waals surface area contributed by atoms with E-state index in [-0.39, 0.29) is 10.1 Å². The van der Waals surface area contributed by atoms with Crippen molar-refractivity contribution >= 4 is 21.8 Å². The number of rotatable bonds is 4. The van der Waals surface area contributed by atoms with Crippen molar-refractivity contribution in [1.29, 1.82) is 0 Å². The molecule has 1 aliphatic heterocycles. The molecule has 0 N–H and O–H groups in total. The highest BCUT2D eigenvalue weighted by Crippen LogP contribution is 2.36. The molecule has 1 aromatic carbocycles. The monoisotopic (exact) mass is 407 g/mol. The first-order chi connectivity index (χ1) is 12.3. The molecule has 0 bridgehead atoms. The normalized spacial score (nSPS) is 19.9. The summed E-state index contributed by atoms with van der Waals surface area (Å²) in [5.74, 6) is 0.948. The van der Waals surface area contributed by atoms with Gasteiger partial charge in [0.25, 0.3) is 0 Å². The second kappa shape index (κ2) is 7.53. The van der Waals surface area contributed by atoms with Crippen molar-refractivity contribution in [2.24, 2.45) is 0 Å². The van der Waals surface area contributed by atoms with Crippen molar-refractivity contribution < 1.29 is 30.7 Å². The Morgan fingerprint density at radius 3 is 2.50 bits per heavy atom. The third kappa shape index (κ3) is 4.54. The number of hydrogen-bond donors (Lipinski definition) is 0. The molecule has 26 heavy (non-hydrogen) atoms. The number of ether oxygens (including phenoxy) is 1. The van der Waals surface area contributed by atoms with Crippen LogP contribution in [0.25, 0.3) is 0 Å². The van der Waals surface area contributed by atoms with Gasteiger partial charge < -0.3 is 9.15 Å². The summed E-state index contributed by atoms with van der Waals surface area (Å²) in [6.07, 6.45) is -2.64. The molecule has 2 aromatic rings. The molecule has 10 heteroatoms. The molecule has 0 aliphatic carbocycles. The maximum absolute atomic E-state index is 12.8. The van der Waals surface area contributed by atoms with Crippen molar-refractivity contribution in [3.05, 3.63) is 48.4 Å². The van der Waals surface area contributed by atoms with Crippen LogP contribution in [-0.4, -0.2) is 37.9 Å². The lowest BCUT2D eigenvalue weighted by molar-refractivity contribution is -0.274. The van der Waals surface area contributed by atoms with Crippen LogP contribution in [0.15, 0.2) is 52.0 Å². The second-order valence-electron chi connectivity index (χ2n) is 5.59. The molecule has 1 unspecified atom stereocenters. The summed E-state index contributed by atoms with van der Waals surface area (Å²) < 4.78 is 72.6. The predicted molar refractivity (Wildman–Crippen MR) is 90.4 cm³/mol. The largest absolute Gasteiger partial charge is 0.573 e. The first kappa shape index (κ1) is 19.1. The van der Waals surface area contributed by atoms with Crippen LogP contribution in [0.3, 0.4) is 0 Å². The Hall–Kier alpha value is -1.65. The maximum Gasteiger partial charge on any atom is 0.573 e. The molecular formula is C16H16F3NO4S2. The van der Waals surface area contributed by atoms with E-state index < -0.39 is 22.1 Å². The summed E-state index contributed by atoms with van der Waals surface area (Å²) in [5, 5.41) is 0.0766. The Bertz CT molecular complexity index is 820. The van der Waals surface area contributed by atoms with E-state index in [0.29, 0.717) is 25.3 Å². The molecule has 5 nitrogen and oxygen atoms in total. The lowest BCUT2D eigenvalue weighted by Crippen LogP contribution is -2.33. The second-order valence-corrected chi connectivity index (χ2v) is 8.84. The van der Waals surface area contributed by atoms with E-state index in [1.807, 2.05) is 6.07 Å². The van der Waals surface area contributed by atoms with E-state index in [2.05, 4.69) is 4.74 Å². The standard InChI is InChI=1S/C16H16F3NO4S2/c17-16(18,19)24-12-3-5-13(6-4-12)26(21,22)20-8-7-15(25-11-9-20)14-2-1-10-23-14/h1-6,10,15H,7-9,11H2. The number of alkyl halides is 3. The van der Waals surface area contributed by atoms with Gasteiger partial charge in [-0.1, -0.05) is 0 Å². The summed E-state index contributed by atoms with van der Waals surface area (Å²) in [4.78, 5) is -0.0616. The van der Waals surface area contributed by atoms with Crippen molar-refractivity contribution in [3.8, 4) is 5.75 Å². The van der Waals surface area contributed by atoms with Gasteiger partial charge in [-0.15, -0.1) is 24.9 Å². The molecule has 142 valence electrons. The minimum atomic E-state index is -4.82. The number of thioether (sulfide) groups is 1. The maximum atomic E-state index is 12.8. The summed E-state index contributed by atoms with van der Waals surface area (Å²) in [5.41, 5.74) is 0. The van der Waals surface area contributed by atoms with Gasteiger partial charge in [0.1, 0.15) is 11.5 Å². The van der Waals surface area contributed by atoms with E-state index >= 15 is 0 Å². The van der Waals surface area contributed by atoms with Crippen molar-refractivity contribution in [2.45, 2.75) is 22.9 Å². The van der Waals surface area contributed by atoms with Crippen LogP contribution in [0.5, 0.6) is 5.75 Å². The molecule has 0 saturated carbocycles. The van der Waals surface area contributed by atoms with E-state index in [4.69, 9.17) is 4.42 Å². The molecule has 1 fully saturated rings. The van der Waals surface area contributed by atoms with Gasteiger partial charge in [0.15, 0.2) is 0 Å². The predicted octanol–water partition coefficient (Wildman–Crippen LogP) is 4.05. The smallest absolute Gasteiger partial charge is 0.468 e. The molecular weight excluding hydrogens is 391 g/mol. The van der Waals surface area contributed by atoms with Crippen LogP contribution in [0.1, 0.15) is 17.4 Å². The Labute approximate surface area is 153 Å². The third-order valence-electron chi connectivity index (χ3n) is 3.86. The van der Waals surface area contributed by atoms with Gasteiger partial charge in [-0.05, 0) is 42.8 Å². The SMILES string of the molecule is O=S(=O)(c1ccc(OC(F)(F)F)cc1)N1CCSC(c2ccco2)CC1. The molecule has 2 heterocycles. The molecule has 1 aliphatic rings. The lowest BCUT2D eigenvalue weighted by atomic mass is 10.2. The Morgan fingerprint density at radius 1 is 1.15 bits per heavy atom. The van der Waals surface area contributed by atoms with Crippen LogP contribution >= 0.6 is 11.8 Å². The Morgan fingerprint density at radius 2 is 1.88 bits per heavy atom. The Balaban J connectivity index is 1.71. The molecule has 1 saturated heterocycles. The summed E-state index contributed by atoms with van der Waals surface area (Å²) >= 11 is 1.62. The van der Waals surface area contributed by atoms with Gasteiger partial charge >= 0.3 is 6.36 Å². The summed E-state index contributed by atoms with van der Waals surface area (Å²) in [6.45, 7) is 0.631. The fourth-order valence-electron chi connectivity index (χ4n) is 2.65. The van der Waals surface area contributed by atoms with Crippen molar-refractivity contribution in [2.75, 3.05) is 18.8 Å². The van der Waals surface area contributed by atoms with E-state index in [9.17, 15) is 21.6 Å².